The second-order valence-electron chi connectivity index (χ2n) is 9.27. The Morgan fingerprint density at radius 3 is 2.57 bits per heavy atom. The highest BCUT2D eigenvalue weighted by atomic mass is 32.1. The number of aryl methyl sites for hydroxylation is 2. The fraction of sp³-hybridized carbons (Fsp3) is 0.233. The van der Waals surface area contributed by atoms with E-state index in [4.69, 9.17) is 12.2 Å². The first kappa shape index (κ1) is 24.7. The van der Waals surface area contributed by atoms with Crippen molar-refractivity contribution >= 4 is 28.9 Å². The molecule has 0 unspecified atom stereocenters. The third-order valence-electron chi connectivity index (χ3n) is 6.85. The summed E-state index contributed by atoms with van der Waals surface area (Å²) in [7, 11) is 0. The van der Waals surface area contributed by atoms with E-state index in [0.29, 0.717) is 18.1 Å². The molecule has 3 heterocycles. The molecule has 2 N–H and O–H groups in total. The normalized spacial score (nSPS) is 17.0. The smallest absolute Gasteiger partial charge is 0.226 e. The molecular weight excluding hydrogens is 478 g/mol. The molecule has 0 aliphatic carbocycles. The van der Waals surface area contributed by atoms with E-state index in [2.05, 4.69) is 81.5 Å². The lowest BCUT2D eigenvalue weighted by Crippen LogP contribution is -2.33. The number of amides is 1. The van der Waals surface area contributed by atoms with Gasteiger partial charge in [-0.3, -0.25) is 9.78 Å². The SMILES string of the molecule is CCc1ccccc1NC(=O)CCN1C(=S)N[C@@H](c2ccccn2)[C@@H]1c1cccn1-c1ccc(C)cc1. The summed E-state index contributed by atoms with van der Waals surface area (Å²) in [5.74, 6) is -0.0300. The topological polar surface area (TPSA) is 62.2 Å². The second kappa shape index (κ2) is 11.0. The Kier molecular flexibility index (Phi) is 7.32. The quantitative estimate of drug-likeness (QED) is 0.297. The van der Waals surface area contributed by atoms with Crippen molar-refractivity contribution < 1.29 is 4.79 Å². The lowest BCUT2D eigenvalue weighted by Gasteiger charge is -2.29. The van der Waals surface area contributed by atoms with Gasteiger partial charge in [-0.15, -0.1) is 0 Å². The van der Waals surface area contributed by atoms with Crippen molar-refractivity contribution in [3.8, 4) is 5.69 Å². The number of anilines is 1. The van der Waals surface area contributed by atoms with E-state index in [1.165, 1.54) is 5.56 Å². The molecule has 2 atom stereocenters. The van der Waals surface area contributed by atoms with Crippen molar-refractivity contribution in [3.05, 3.63) is 114 Å². The number of carbonyl (C=O) groups excluding carboxylic acids is 1. The zero-order valence-electron chi connectivity index (χ0n) is 21.1. The van der Waals surface area contributed by atoms with Crippen molar-refractivity contribution in [3.63, 3.8) is 0 Å². The second-order valence-corrected chi connectivity index (χ2v) is 9.65. The van der Waals surface area contributed by atoms with Crippen LogP contribution in [-0.4, -0.2) is 32.0 Å². The van der Waals surface area contributed by atoms with Gasteiger partial charge in [0, 0.05) is 42.4 Å². The van der Waals surface area contributed by atoms with Gasteiger partial charge in [0.05, 0.1) is 17.8 Å². The van der Waals surface area contributed by atoms with E-state index in [9.17, 15) is 4.79 Å². The van der Waals surface area contributed by atoms with E-state index >= 15 is 0 Å². The van der Waals surface area contributed by atoms with Gasteiger partial charge in [-0.25, -0.2) is 0 Å². The van der Waals surface area contributed by atoms with E-state index < -0.39 is 0 Å². The maximum atomic E-state index is 13.0. The first-order chi connectivity index (χ1) is 18.0. The van der Waals surface area contributed by atoms with Gasteiger partial charge < -0.3 is 20.1 Å². The highest BCUT2D eigenvalue weighted by molar-refractivity contribution is 7.80. The van der Waals surface area contributed by atoms with Gasteiger partial charge in [0.25, 0.3) is 0 Å². The number of aromatic nitrogens is 2. The van der Waals surface area contributed by atoms with Gasteiger partial charge in [0.1, 0.15) is 0 Å². The van der Waals surface area contributed by atoms with E-state index in [1.54, 1.807) is 6.20 Å². The zero-order chi connectivity index (χ0) is 25.8. The summed E-state index contributed by atoms with van der Waals surface area (Å²) >= 11 is 5.81. The molecule has 0 spiro atoms. The third kappa shape index (κ3) is 5.27. The molecule has 188 valence electrons. The Balaban J connectivity index is 1.43. The van der Waals surface area contributed by atoms with Crippen molar-refractivity contribution in [2.75, 3.05) is 11.9 Å². The number of nitrogens with one attached hydrogen (secondary N) is 2. The van der Waals surface area contributed by atoms with Crippen LogP contribution in [0.25, 0.3) is 5.69 Å². The first-order valence-electron chi connectivity index (χ1n) is 12.6. The average molecular weight is 510 g/mol. The highest BCUT2D eigenvalue weighted by Crippen LogP contribution is 2.39. The van der Waals surface area contributed by atoms with Crippen LogP contribution in [0.15, 0.2) is 91.3 Å². The third-order valence-corrected chi connectivity index (χ3v) is 7.20. The molecule has 2 aromatic heterocycles. The fourth-order valence-corrected chi connectivity index (χ4v) is 5.26. The van der Waals surface area contributed by atoms with Gasteiger partial charge in [-0.05, 0) is 73.6 Å². The van der Waals surface area contributed by atoms with Gasteiger partial charge >= 0.3 is 0 Å². The largest absolute Gasteiger partial charge is 0.352 e. The summed E-state index contributed by atoms with van der Waals surface area (Å²) in [5, 5.41) is 7.20. The van der Waals surface area contributed by atoms with E-state index in [0.717, 1.165) is 34.7 Å². The summed E-state index contributed by atoms with van der Waals surface area (Å²) in [6.07, 6.45) is 5.05. The number of hydrogen-bond donors (Lipinski definition) is 2. The van der Waals surface area contributed by atoms with Gasteiger partial charge in [0.15, 0.2) is 5.11 Å². The summed E-state index contributed by atoms with van der Waals surface area (Å²) in [5.41, 5.74) is 6.28. The Labute approximate surface area is 223 Å². The van der Waals surface area contributed by atoms with Gasteiger partial charge in [-0.2, -0.15) is 0 Å². The van der Waals surface area contributed by atoms with Crippen LogP contribution >= 0.6 is 12.2 Å². The number of nitrogens with zero attached hydrogens (tertiary/aromatic N) is 3. The molecule has 0 bridgehead atoms. The monoisotopic (exact) mass is 509 g/mol. The average Bonchev–Trinajstić information content (AvgIpc) is 3.53. The summed E-state index contributed by atoms with van der Waals surface area (Å²) in [4.78, 5) is 19.8. The van der Waals surface area contributed by atoms with Crippen LogP contribution in [0.1, 0.15) is 47.9 Å². The molecule has 0 radical (unpaired) electrons. The molecule has 1 aliphatic rings. The number of rotatable bonds is 8. The van der Waals surface area contributed by atoms with Crippen LogP contribution in [0.3, 0.4) is 0 Å². The fourth-order valence-electron chi connectivity index (χ4n) is 4.93. The molecule has 6 nitrogen and oxygen atoms in total. The molecule has 1 aliphatic heterocycles. The lowest BCUT2D eigenvalue weighted by molar-refractivity contribution is -0.116. The van der Waals surface area contributed by atoms with Gasteiger partial charge in [0.2, 0.25) is 5.91 Å². The van der Waals surface area contributed by atoms with Gasteiger partial charge in [-0.1, -0.05) is 48.9 Å². The molecular formula is C30H31N5OS. The van der Waals surface area contributed by atoms with Crippen LogP contribution in [0.4, 0.5) is 5.69 Å². The zero-order valence-corrected chi connectivity index (χ0v) is 21.9. The Hall–Kier alpha value is -3.97. The lowest BCUT2D eigenvalue weighted by atomic mass is 10.0. The van der Waals surface area contributed by atoms with E-state index in [1.807, 2.05) is 42.5 Å². The molecule has 1 amide bonds. The van der Waals surface area contributed by atoms with Crippen LogP contribution in [0, 0.1) is 6.92 Å². The predicted octanol–water partition coefficient (Wildman–Crippen LogP) is 5.74. The first-order valence-corrected chi connectivity index (χ1v) is 13.1. The predicted molar refractivity (Wildman–Crippen MR) is 152 cm³/mol. The molecule has 1 saturated heterocycles. The number of pyridine rings is 1. The number of para-hydroxylation sites is 1. The maximum absolute atomic E-state index is 13.0. The van der Waals surface area contributed by atoms with Crippen molar-refractivity contribution in [2.45, 2.75) is 38.8 Å². The standard InChI is InChI=1S/C30H31N5OS/c1-3-22-9-4-5-10-24(22)32-27(36)17-20-35-29(28(33-30(35)37)25-11-6-7-18-31-25)26-12-8-19-34(26)23-15-13-21(2)14-16-23/h4-16,18-19,28-29H,3,17,20H2,1-2H3,(H,32,36)(H,33,37)/t28-,29-/m0/s1. The molecule has 37 heavy (non-hydrogen) atoms. The molecule has 2 aromatic carbocycles. The number of thiocarbonyl (C=S) groups is 1. The molecule has 0 saturated carbocycles. The van der Waals surface area contributed by atoms with Crippen molar-refractivity contribution in [1.29, 1.82) is 0 Å². The number of benzene rings is 2. The molecule has 1 fully saturated rings. The van der Waals surface area contributed by atoms with E-state index in [-0.39, 0.29) is 18.0 Å². The van der Waals surface area contributed by atoms with Crippen LogP contribution in [-0.2, 0) is 11.2 Å². The summed E-state index contributed by atoms with van der Waals surface area (Å²) in [6.45, 7) is 4.66. The highest BCUT2D eigenvalue weighted by Gasteiger charge is 2.41. The maximum Gasteiger partial charge on any atom is 0.226 e. The number of hydrogen-bond acceptors (Lipinski definition) is 3. The van der Waals surface area contributed by atoms with Crippen LogP contribution < -0.4 is 10.6 Å². The summed E-state index contributed by atoms with van der Waals surface area (Å²) < 4.78 is 2.19. The van der Waals surface area contributed by atoms with Crippen LogP contribution in [0.5, 0.6) is 0 Å². The summed E-state index contributed by atoms with van der Waals surface area (Å²) in [6, 6.07) is 26.2. The van der Waals surface area contributed by atoms with Crippen LogP contribution in [0.2, 0.25) is 0 Å². The minimum absolute atomic E-state index is 0.0300. The van der Waals surface area contributed by atoms with Crippen molar-refractivity contribution in [2.24, 2.45) is 0 Å². The minimum Gasteiger partial charge on any atom is -0.352 e. The molecule has 4 aromatic rings. The Morgan fingerprint density at radius 2 is 1.81 bits per heavy atom. The Morgan fingerprint density at radius 1 is 1.03 bits per heavy atom. The van der Waals surface area contributed by atoms with Crippen molar-refractivity contribution in [1.82, 2.24) is 19.8 Å². The molecule has 5 rings (SSSR count). The Bertz CT molecular complexity index is 1380. The number of carbonyl (C=O) groups is 1. The minimum atomic E-state index is -0.142. The molecule has 7 heteroatoms.